The first-order valence-corrected chi connectivity index (χ1v) is 9.44. The van der Waals surface area contributed by atoms with Gasteiger partial charge in [-0.15, -0.1) is 0 Å². The summed E-state index contributed by atoms with van der Waals surface area (Å²) in [5.74, 6) is 5.94. The van der Waals surface area contributed by atoms with Gasteiger partial charge in [0.25, 0.3) is 0 Å². The van der Waals surface area contributed by atoms with Crippen molar-refractivity contribution in [3.63, 3.8) is 0 Å². The minimum Gasteiger partial charge on any atom is -0.432 e. The predicted octanol–water partition coefficient (Wildman–Crippen LogP) is 4.41. The summed E-state index contributed by atoms with van der Waals surface area (Å²) < 4.78 is 6.01. The predicted molar refractivity (Wildman–Crippen MR) is 106 cm³/mol. The molecule has 0 atom stereocenters. The fourth-order valence-corrected chi connectivity index (χ4v) is 3.17. The van der Waals surface area contributed by atoms with Crippen molar-refractivity contribution in [2.24, 2.45) is 5.84 Å². The molecule has 27 heavy (non-hydrogen) atoms. The normalized spacial score (nSPS) is 11.0. The average Bonchev–Trinajstić information content (AvgIpc) is 2.73. The van der Waals surface area contributed by atoms with Gasteiger partial charge in [0, 0.05) is 24.1 Å². The van der Waals surface area contributed by atoms with Crippen LogP contribution in [0.1, 0.15) is 50.2 Å². The van der Waals surface area contributed by atoms with Gasteiger partial charge in [0.05, 0.1) is 0 Å². The van der Waals surface area contributed by atoms with Crippen LogP contribution in [0.5, 0.6) is 0 Å². The van der Waals surface area contributed by atoms with E-state index in [2.05, 4.69) is 0 Å². The molecular formula is C22H28N2O3. The second-order valence-electron chi connectivity index (χ2n) is 6.49. The Hall–Kier alpha value is -2.66. The third-order valence-electron chi connectivity index (χ3n) is 4.70. The Morgan fingerprint density at radius 2 is 1.56 bits per heavy atom. The summed E-state index contributed by atoms with van der Waals surface area (Å²) in [6, 6.07) is 19.5. The van der Waals surface area contributed by atoms with Crippen LogP contribution in [-0.2, 0) is 15.1 Å². The topological polar surface area (TPSA) is 72.6 Å². The number of nitrogens with two attached hydrogens (primary N) is 1. The van der Waals surface area contributed by atoms with Gasteiger partial charge in [-0.25, -0.2) is 15.6 Å². The van der Waals surface area contributed by atoms with Gasteiger partial charge in [0.2, 0.25) is 0 Å². The molecule has 0 saturated heterocycles. The molecule has 0 spiro atoms. The maximum absolute atomic E-state index is 12.7. The molecule has 0 aromatic heterocycles. The molecule has 0 bridgehead atoms. The Morgan fingerprint density at radius 3 is 2.04 bits per heavy atom. The summed E-state index contributed by atoms with van der Waals surface area (Å²) in [5.41, 5.74) is 0.923. The first-order valence-electron chi connectivity index (χ1n) is 9.44. The summed E-state index contributed by atoms with van der Waals surface area (Å²) >= 11 is 0. The van der Waals surface area contributed by atoms with E-state index in [1.54, 1.807) is 0 Å². The van der Waals surface area contributed by atoms with Crippen LogP contribution < -0.4 is 5.84 Å². The zero-order valence-corrected chi connectivity index (χ0v) is 15.8. The van der Waals surface area contributed by atoms with Gasteiger partial charge in [0.15, 0.2) is 5.60 Å². The van der Waals surface area contributed by atoms with Crippen LogP contribution >= 0.6 is 0 Å². The van der Waals surface area contributed by atoms with Gasteiger partial charge >= 0.3 is 6.09 Å². The average molecular weight is 368 g/mol. The van der Waals surface area contributed by atoms with Crippen LogP contribution in [0.3, 0.4) is 0 Å². The van der Waals surface area contributed by atoms with Gasteiger partial charge in [-0.3, -0.25) is 0 Å². The largest absolute Gasteiger partial charge is 0.432 e. The standard InChI is InChI=1S/C22H28N2O3/c1-2-22(19-13-7-5-8-14-19,20-15-9-6-10-16-20)27-21(26)24(23)17-11-3-4-12-18-25/h5-10,13-16,18H,2-4,11-12,17,23H2,1H3. The second kappa shape index (κ2) is 10.5. The zero-order chi connectivity index (χ0) is 19.5. The van der Waals surface area contributed by atoms with E-state index in [4.69, 9.17) is 10.6 Å². The number of hydrogen-bond acceptors (Lipinski definition) is 4. The lowest BCUT2D eigenvalue weighted by Gasteiger charge is -2.35. The van der Waals surface area contributed by atoms with Crippen molar-refractivity contribution >= 4 is 12.4 Å². The van der Waals surface area contributed by atoms with Gasteiger partial charge in [-0.2, -0.15) is 0 Å². The zero-order valence-electron chi connectivity index (χ0n) is 15.8. The number of hydrazine groups is 1. The number of carbonyl (C=O) groups excluding carboxylic acids is 2. The van der Waals surface area contributed by atoms with Gasteiger partial charge in [-0.05, 0) is 19.3 Å². The Balaban J connectivity index is 2.17. The van der Waals surface area contributed by atoms with Crippen LogP contribution in [0.2, 0.25) is 0 Å². The van der Waals surface area contributed by atoms with Crippen LogP contribution in [0.4, 0.5) is 4.79 Å². The molecule has 0 heterocycles. The maximum atomic E-state index is 12.7. The fourth-order valence-electron chi connectivity index (χ4n) is 3.17. The Kier molecular flexibility index (Phi) is 8.01. The van der Waals surface area contributed by atoms with Crippen LogP contribution in [0, 0.1) is 0 Å². The fraction of sp³-hybridized carbons (Fsp3) is 0.364. The minimum atomic E-state index is -0.894. The number of hydrogen-bond donors (Lipinski definition) is 1. The lowest BCUT2D eigenvalue weighted by Crippen LogP contribution is -2.44. The Morgan fingerprint density at radius 1 is 1.00 bits per heavy atom. The highest BCUT2D eigenvalue weighted by Gasteiger charge is 2.37. The van der Waals surface area contributed by atoms with Gasteiger partial charge < -0.3 is 9.53 Å². The second-order valence-corrected chi connectivity index (χ2v) is 6.49. The van der Waals surface area contributed by atoms with Crippen molar-refractivity contribution in [2.45, 2.75) is 44.6 Å². The molecule has 0 saturated carbocycles. The maximum Gasteiger partial charge on any atom is 0.425 e. The van der Waals surface area contributed by atoms with Crippen LogP contribution in [0.25, 0.3) is 0 Å². The summed E-state index contributed by atoms with van der Waals surface area (Å²) in [7, 11) is 0. The van der Waals surface area contributed by atoms with Gasteiger partial charge in [-0.1, -0.05) is 74.0 Å². The van der Waals surface area contributed by atoms with Crippen LogP contribution in [-0.4, -0.2) is 23.9 Å². The van der Waals surface area contributed by atoms with E-state index in [0.29, 0.717) is 19.4 Å². The van der Waals surface area contributed by atoms with Crippen molar-refractivity contribution in [3.05, 3.63) is 71.8 Å². The van der Waals surface area contributed by atoms with Crippen molar-refractivity contribution in [1.82, 2.24) is 5.01 Å². The SMILES string of the molecule is CCC(OC(=O)N(N)CCCCCC=O)(c1ccccc1)c1ccccc1. The number of carbonyl (C=O) groups is 2. The lowest BCUT2D eigenvalue weighted by molar-refractivity contribution is -0.107. The van der Waals surface area contributed by atoms with E-state index in [0.717, 1.165) is 41.7 Å². The highest BCUT2D eigenvalue weighted by atomic mass is 16.6. The monoisotopic (exact) mass is 368 g/mol. The van der Waals surface area contributed by atoms with E-state index < -0.39 is 11.7 Å². The molecule has 0 radical (unpaired) electrons. The third kappa shape index (κ3) is 5.41. The summed E-state index contributed by atoms with van der Waals surface area (Å²) in [6.45, 7) is 2.38. The number of benzene rings is 2. The molecule has 0 unspecified atom stereocenters. The van der Waals surface area contributed by atoms with Crippen molar-refractivity contribution < 1.29 is 14.3 Å². The number of nitrogens with zero attached hydrogens (tertiary/aromatic N) is 1. The molecule has 2 aromatic rings. The van der Waals surface area contributed by atoms with E-state index in [9.17, 15) is 9.59 Å². The molecule has 0 aliphatic rings. The molecule has 0 aliphatic heterocycles. The molecule has 144 valence electrons. The smallest absolute Gasteiger partial charge is 0.425 e. The summed E-state index contributed by atoms with van der Waals surface area (Å²) in [4.78, 5) is 23.1. The molecule has 2 rings (SSSR count). The lowest BCUT2D eigenvalue weighted by atomic mass is 9.84. The number of rotatable bonds is 10. The summed E-state index contributed by atoms with van der Waals surface area (Å²) in [6.07, 6.45) is 3.85. The van der Waals surface area contributed by atoms with E-state index in [-0.39, 0.29) is 0 Å². The van der Waals surface area contributed by atoms with Crippen molar-refractivity contribution in [2.75, 3.05) is 6.54 Å². The van der Waals surface area contributed by atoms with Gasteiger partial charge in [0.1, 0.15) is 6.29 Å². The first kappa shape index (κ1) is 20.6. The number of amides is 1. The molecule has 1 amide bonds. The van der Waals surface area contributed by atoms with Crippen molar-refractivity contribution in [1.29, 1.82) is 0 Å². The molecule has 2 aromatic carbocycles. The van der Waals surface area contributed by atoms with Crippen LogP contribution in [0.15, 0.2) is 60.7 Å². The number of ether oxygens (including phenoxy) is 1. The van der Waals surface area contributed by atoms with Crippen molar-refractivity contribution in [3.8, 4) is 0 Å². The highest BCUT2D eigenvalue weighted by molar-refractivity contribution is 5.68. The third-order valence-corrected chi connectivity index (χ3v) is 4.70. The Bertz CT molecular complexity index is 665. The molecular weight excluding hydrogens is 340 g/mol. The summed E-state index contributed by atoms with van der Waals surface area (Å²) in [5, 5.41) is 1.12. The van der Waals surface area contributed by atoms with E-state index >= 15 is 0 Å². The highest BCUT2D eigenvalue weighted by Crippen LogP contribution is 2.37. The quantitative estimate of drug-likeness (QED) is 0.222. The Labute approximate surface area is 161 Å². The van der Waals surface area contributed by atoms with E-state index in [1.165, 1.54) is 0 Å². The number of aldehydes is 1. The molecule has 2 N–H and O–H groups in total. The molecule has 5 nitrogen and oxygen atoms in total. The minimum absolute atomic E-state index is 0.390. The molecule has 5 heteroatoms. The number of unbranched alkanes of at least 4 members (excludes halogenated alkanes) is 3. The first-order chi connectivity index (χ1) is 13.1. The molecule has 0 fully saturated rings. The van der Waals surface area contributed by atoms with E-state index in [1.807, 2.05) is 67.6 Å². The molecule has 0 aliphatic carbocycles.